The summed E-state index contributed by atoms with van der Waals surface area (Å²) in [5.74, 6) is -3.56. The van der Waals surface area contributed by atoms with Gasteiger partial charge in [0.2, 0.25) is 0 Å². The zero-order chi connectivity index (χ0) is 14.8. The second kappa shape index (κ2) is 5.46. The maximum absolute atomic E-state index is 11.8. The number of ether oxygens (including phenoxy) is 2. The standard InChI is InChI=1S/C12H19NO6/c1-12(2,3)19-11(17)13-5-7(9(14)15)8(6-13)10(16)18-4/h7-8H,5-6H2,1-4H3,(H,14,15)/t7-,8-/m0/s1. The molecule has 0 aromatic heterocycles. The van der Waals surface area contributed by atoms with Crippen molar-refractivity contribution in [2.24, 2.45) is 11.8 Å². The van der Waals surface area contributed by atoms with Crippen LogP contribution in [-0.4, -0.2) is 53.8 Å². The molecule has 0 aromatic rings. The van der Waals surface area contributed by atoms with Crippen molar-refractivity contribution in [2.75, 3.05) is 20.2 Å². The van der Waals surface area contributed by atoms with Gasteiger partial charge in [0.15, 0.2) is 0 Å². The predicted molar refractivity (Wildman–Crippen MR) is 64.4 cm³/mol. The fraction of sp³-hybridized carbons (Fsp3) is 0.750. The SMILES string of the molecule is COC(=O)[C@H]1CN(C(=O)OC(C)(C)C)C[C@@H]1C(=O)O. The number of carboxylic acids is 1. The zero-order valence-electron chi connectivity index (χ0n) is 11.5. The van der Waals surface area contributed by atoms with Gasteiger partial charge in [-0.25, -0.2) is 4.79 Å². The number of hydrogen-bond donors (Lipinski definition) is 1. The van der Waals surface area contributed by atoms with Crippen LogP contribution >= 0.6 is 0 Å². The van der Waals surface area contributed by atoms with Crippen LogP contribution in [0.4, 0.5) is 4.79 Å². The van der Waals surface area contributed by atoms with Crippen molar-refractivity contribution >= 4 is 18.0 Å². The Morgan fingerprint density at radius 2 is 1.68 bits per heavy atom. The number of amides is 1. The zero-order valence-corrected chi connectivity index (χ0v) is 11.5. The lowest BCUT2D eigenvalue weighted by Crippen LogP contribution is -2.36. The highest BCUT2D eigenvalue weighted by Gasteiger charge is 2.45. The van der Waals surface area contributed by atoms with Crippen LogP contribution in [0.25, 0.3) is 0 Å². The van der Waals surface area contributed by atoms with E-state index in [2.05, 4.69) is 4.74 Å². The molecule has 2 atom stereocenters. The first-order chi connectivity index (χ1) is 8.65. The normalized spacial score (nSPS) is 23.1. The van der Waals surface area contributed by atoms with Crippen LogP contribution in [0.3, 0.4) is 0 Å². The first kappa shape index (κ1) is 15.3. The Labute approximate surface area is 111 Å². The molecule has 108 valence electrons. The largest absolute Gasteiger partial charge is 0.481 e. The fourth-order valence-corrected chi connectivity index (χ4v) is 1.92. The predicted octanol–water partition coefficient (Wildman–Crippen LogP) is 0.727. The summed E-state index contributed by atoms with van der Waals surface area (Å²) in [5.41, 5.74) is -0.668. The summed E-state index contributed by atoms with van der Waals surface area (Å²) >= 11 is 0. The molecule has 1 saturated heterocycles. The Morgan fingerprint density at radius 3 is 2.11 bits per heavy atom. The Hall–Kier alpha value is -1.79. The molecule has 7 heteroatoms. The lowest BCUT2D eigenvalue weighted by molar-refractivity contribution is -0.153. The third kappa shape index (κ3) is 3.84. The van der Waals surface area contributed by atoms with Crippen LogP contribution < -0.4 is 0 Å². The summed E-state index contributed by atoms with van der Waals surface area (Å²) < 4.78 is 9.72. The topological polar surface area (TPSA) is 93.1 Å². The van der Waals surface area contributed by atoms with E-state index in [-0.39, 0.29) is 13.1 Å². The van der Waals surface area contributed by atoms with Gasteiger partial charge in [-0.15, -0.1) is 0 Å². The molecule has 19 heavy (non-hydrogen) atoms. The summed E-state index contributed by atoms with van der Waals surface area (Å²) in [4.78, 5) is 35.7. The van der Waals surface area contributed by atoms with Gasteiger partial charge in [-0.3, -0.25) is 9.59 Å². The van der Waals surface area contributed by atoms with E-state index >= 15 is 0 Å². The van der Waals surface area contributed by atoms with E-state index in [0.29, 0.717) is 0 Å². The van der Waals surface area contributed by atoms with E-state index < -0.39 is 35.5 Å². The van der Waals surface area contributed by atoms with Crippen molar-refractivity contribution < 1.29 is 29.0 Å². The summed E-state index contributed by atoms with van der Waals surface area (Å²) in [6.45, 7) is 5.09. The Morgan fingerprint density at radius 1 is 1.16 bits per heavy atom. The van der Waals surface area contributed by atoms with Gasteiger partial charge < -0.3 is 19.5 Å². The number of nitrogens with zero attached hydrogens (tertiary/aromatic N) is 1. The molecule has 1 aliphatic heterocycles. The van der Waals surface area contributed by atoms with Crippen molar-refractivity contribution in [3.05, 3.63) is 0 Å². The molecule has 0 saturated carbocycles. The molecule has 1 N–H and O–H groups in total. The van der Waals surface area contributed by atoms with Crippen molar-refractivity contribution in [1.82, 2.24) is 4.90 Å². The lowest BCUT2D eigenvalue weighted by atomic mass is 9.97. The minimum atomic E-state index is -1.12. The molecule has 0 spiro atoms. The van der Waals surface area contributed by atoms with Crippen molar-refractivity contribution in [3.63, 3.8) is 0 Å². The Kier molecular flexibility index (Phi) is 4.39. The van der Waals surface area contributed by atoms with Gasteiger partial charge in [-0.2, -0.15) is 0 Å². The number of carbonyl (C=O) groups excluding carboxylic acids is 2. The van der Waals surface area contributed by atoms with Crippen molar-refractivity contribution in [1.29, 1.82) is 0 Å². The Bertz CT molecular complexity index is 386. The number of carboxylic acid groups (broad SMARTS) is 1. The maximum atomic E-state index is 11.8. The smallest absolute Gasteiger partial charge is 0.410 e. The molecule has 0 aliphatic carbocycles. The second-order valence-corrected chi connectivity index (χ2v) is 5.46. The van der Waals surface area contributed by atoms with Crippen LogP contribution in [0.1, 0.15) is 20.8 Å². The minimum Gasteiger partial charge on any atom is -0.481 e. The second-order valence-electron chi connectivity index (χ2n) is 5.46. The van der Waals surface area contributed by atoms with Crippen LogP contribution in [0.2, 0.25) is 0 Å². The monoisotopic (exact) mass is 273 g/mol. The third-order valence-electron chi connectivity index (χ3n) is 2.79. The number of carbonyl (C=O) groups is 3. The van der Waals surface area contributed by atoms with Crippen molar-refractivity contribution in [2.45, 2.75) is 26.4 Å². The van der Waals surface area contributed by atoms with E-state index in [1.54, 1.807) is 20.8 Å². The van der Waals surface area contributed by atoms with E-state index in [0.717, 1.165) is 0 Å². The van der Waals surface area contributed by atoms with Gasteiger partial charge >= 0.3 is 18.0 Å². The van der Waals surface area contributed by atoms with E-state index in [9.17, 15) is 14.4 Å². The average molecular weight is 273 g/mol. The van der Waals surface area contributed by atoms with Gasteiger partial charge in [0.25, 0.3) is 0 Å². The highest BCUT2D eigenvalue weighted by molar-refractivity contribution is 5.84. The summed E-state index contributed by atoms with van der Waals surface area (Å²) in [5, 5.41) is 9.07. The molecule has 0 bridgehead atoms. The highest BCUT2D eigenvalue weighted by Crippen LogP contribution is 2.26. The first-order valence-corrected chi connectivity index (χ1v) is 5.94. The molecule has 0 aromatic carbocycles. The number of aliphatic carboxylic acids is 1. The van der Waals surface area contributed by atoms with Gasteiger partial charge in [0.05, 0.1) is 18.9 Å². The summed E-state index contributed by atoms with van der Waals surface area (Å²) in [6, 6.07) is 0. The number of rotatable bonds is 2. The average Bonchev–Trinajstić information content (AvgIpc) is 2.70. The third-order valence-corrected chi connectivity index (χ3v) is 2.79. The number of likely N-dealkylation sites (tertiary alicyclic amines) is 1. The van der Waals surface area contributed by atoms with Crippen LogP contribution in [0.5, 0.6) is 0 Å². The van der Waals surface area contributed by atoms with Gasteiger partial charge in [0, 0.05) is 13.1 Å². The molecular formula is C12H19NO6. The molecule has 1 fully saturated rings. The van der Waals surface area contributed by atoms with Gasteiger partial charge in [-0.1, -0.05) is 0 Å². The molecule has 7 nitrogen and oxygen atoms in total. The first-order valence-electron chi connectivity index (χ1n) is 5.94. The van der Waals surface area contributed by atoms with Crippen LogP contribution in [-0.2, 0) is 19.1 Å². The molecule has 1 amide bonds. The Balaban J connectivity index is 2.78. The molecular weight excluding hydrogens is 254 g/mol. The molecule has 0 unspecified atom stereocenters. The summed E-state index contributed by atoms with van der Waals surface area (Å²) in [7, 11) is 1.19. The maximum Gasteiger partial charge on any atom is 0.410 e. The van der Waals surface area contributed by atoms with Crippen LogP contribution in [0.15, 0.2) is 0 Å². The molecule has 1 rings (SSSR count). The van der Waals surface area contributed by atoms with Gasteiger partial charge in [-0.05, 0) is 20.8 Å². The molecule has 1 heterocycles. The summed E-state index contributed by atoms with van der Waals surface area (Å²) in [6.07, 6.45) is -0.620. The van der Waals surface area contributed by atoms with E-state index in [4.69, 9.17) is 9.84 Å². The van der Waals surface area contributed by atoms with Crippen molar-refractivity contribution in [3.8, 4) is 0 Å². The quantitative estimate of drug-likeness (QED) is 0.745. The van der Waals surface area contributed by atoms with E-state index in [1.165, 1.54) is 12.0 Å². The molecule has 0 radical (unpaired) electrons. The number of methoxy groups -OCH3 is 1. The highest BCUT2D eigenvalue weighted by atomic mass is 16.6. The lowest BCUT2D eigenvalue weighted by Gasteiger charge is -2.24. The van der Waals surface area contributed by atoms with Gasteiger partial charge in [0.1, 0.15) is 5.60 Å². The number of hydrogen-bond acceptors (Lipinski definition) is 5. The molecule has 1 aliphatic rings. The van der Waals surface area contributed by atoms with Crippen LogP contribution in [0, 0.1) is 11.8 Å². The number of esters is 1. The fourth-order valence-electron chi connectivity index (χ4n) is 1.92. The minimum absolute atomic E-state index is 0.00144. The van der Waals surface area contributed by atoms with E-state index in [1.807, 2.05) is 0 Å².